The van der Waals surface area contributed by atoms with Gasteiger partial charge in [0.2, 0.25) is 0 Å². The van der Waals surface area contributed by atoms with Gasteiger partial charge in [-0.2, -0.15) is 28.6 Å². The van der Waals surface area contributed by atoms with Crippen LogP contribution in [0, 0.1) is 0 Å². The van der Waals surface area contributed by atoms with E-state index in [4.69, 9.17) is 5.84 Å². The van der Waals surface area contributed by atoms with Crippen molar-refractivity contribution in [3.05, 3.63) is 18.0 Å². The second-order valence-corrected chi connectivity index (χ2v) is 7.91. The third kappa shape index (κ3) is 3.44. The summed E-state index contributed by atoms with van der Waals surface area (Å²) in [5, 5.41) is 6.42. The topological polar surface area (TPSA) is 55.9 Å². The lowest BCUT2D eigenvalue weighted by atomic mass is 10.1. The molecule has 0 aromatic carbocycles. The molecule has 102 valence electrons. The van der Waals surface area contributed by atoms with Gasteiger partial charge in [-0.1, -0.05) is 13.8 Å². The number of hydrogen-bond acceptors (Lipinski definition) is 5. The third-order valence-corrected chi connectivity index (χ3v) is 6.99. The summed E-state index contributed by atoms with van der Waals surface area (Å²) in [4.78, 5) is 0. The molecule has 1 aromatic heterocycles. The summed E-state index contributed by atoms with van der Waals surface area (Å²) in [5.74, 6) is 6.90. The fourth-order valence-electron chi connectivity index (χ4n) is 2.11. The van der Waals surface area contributed by atoms with Gasteiger partial charge in [0.05, 0.1) is 5.69 Å². The first-order valence-electron chi connectivity index (χ1n) is 6.32. The lowest BCUT2D eigenvalue weighted by Crippen LogP contribution is -2.47. The number of nitrogens with zero attached hydrogens (tertiary/aromatic N) is 2. The van der Waals surface area contributed by atoms with Gasteiger partial charge in [-0.15, -0.1) is 0 Å². The molecular weight excluding hydrogens is 264 g/mol. The Labute approximate surface area is 117 Å². The van der Waals surface area contributed by atoms with Crippen molar-refractivity contribution in [3.63, 3.8) is 0 Å². The lowest BCUT2D eigenvalue weighted by molar-refractivity contribution is 0.513. The van der Waals surface area contributed by atoms with Crippen molar-refractivity contribution < 1.29 is 0 Å². The van der Waals surface area contributed by atoms with Crippen LogP contribution >= 0.6 is 23.5 Å². The van der Waals surface area contributed by atoms with Crippen molar-refractivity contribution in [2.24, 2.45) is 12.9 Å². The van der Waals surface area contributed by atoms with Gasteiger partial charge in [-0.25, -0.2) is 0 Å². The Hall–Kier alpha value is -0.170. The zero-order valence-electron chi connectivity index (χ0n) is 11.2. The molecule has 4 unspecified atom stereocenters. The lowest BCUT2D eigenvalue weighted by Gasteiger charge is -2.35. The summed E-state index contributed by atoms with van der Waals surface area (Å²) in [7, 11) is 1.95. The van der Waals surface area contributed by atoms with Crippen LogP contribution in [0.3, 0.4) is 0 Å². The predicted molar refractivity (Wildman–Crippen MR) is 80.8 cm³/mol. The minimum atomic E-state index is 0.298. The predicted octanol–water partition coefficient (Wildman–Crippen LogP) is 1.42. The quantitative estimate of drug-likeness (QED) is 0.647. The number of thioether (sulfide) groups is 2. The van der Waals surface area contributed by atoms with E-state index in [1.54, 1.807) is 0 Å². The Kier molecular flexibility index (Phi) is 5.00. The molecule has 1 aromatic rings. The Morgan fingerprint density at radius 2 is 2.33 bits per heavy atom. The zero-order chi connectivity index (χ0) is 13.1. The fourth-order valence-corrected chi connectivity index (χ4v) is 5.23. The molecule has 0 amide bonds. The van der Waals surface area contributed by atoms with E-state index in [1.807, 2.05) is 17.9 Å². The van der Waals surface area contributed by atoms with Crippen LogP contribution in [0.4, 0.5) is 0 Å². The fraction of sp³-hybridized carbons (Fsp3) is 0.750. The second-order valence-electron chi connectivity index (χ2n) is 4.88. The average molecular weight is 286 g/mol. The molecule has 6 heteroatoms. The highest BCUT2D eigenvalue weighted by Crippen LogP contribution is 2.37. The summed E-state index contributed by atoms with van der Waals surface area (Å²) in [6, 6.07) is 2.36. The number of hydrazine groups is 1. The maximum atomic E-state index is 5.73. The largest absolute Gasteiger partial charge is 0.276 e. The SMILES string of the molecule is CC1SCC(C(Cc2ccn(C)n2)NN)SC1C. The number of aryl methyl sites for hydroxylation is 1. The minimum Gasteiger partial charge on any atom is -0.276 e. The van der Waals surface area contributed by atoms with E-state index in [-0.39, 0.29) is 0 Å². The second kappa shape index (κ2) is 6.32. The van der Waals surface area contributed by atoms with Crippen LogP contribution in [-0.4, -0.2) is 37.3 Å². The smallest absolute Gasteiger partial charge is 0.0640 e. The summed E-state index contributed by atoms with van der Waals surface area (Å²) in [5.41, 5.74) is 4.09. The maximum Gasteiger partial charge on any atom is 0.0640 e. The number of hydrogen-bond donors (Lipinski definition) is 2. The molecule has 1 saturated heterocycles. The summed E-state index contributed by atoms with van der Waals surface area (Å²) < 4.78 is 1.84. The minimum absolute atomic E-state index is 0.298. The first-order chi connectivity index (χ1) is 8.60. The molecule has 0 radical (unpaired) electrons. The first kappa shape index (κ1) is 14.2. The average Bonchev–Trinajstić information content (AvgIpc) is 2.75. The van der Waals surface area contributed by atoms with Crippen molar-refractivity contribution in [3.8, 4) is 0 Å². The Morgan fingerprint density at radius 3 is 2.89 bits per heavy atom. The molecule has 0 aliphatic carbocycles. The molecule has 1 aliphatic heterocycles. The van der Waals surface area contributed by atoms with Crippen molar-refractivity contribution in [1.82, 2.24) is 15.2 Å². The van der Waals surface area contributed by atoms with E-state index in [2.05, 4.69) is 54.0 Å². The van der Waals surface area contributed by atoms with Crippen LogP contribution in [0.5, 0.6) is 0 Å². The first-order valence-corrected chi connectivity index (χ1v) is 8.31. The van der Waals surface area contributed by atoms with E-state index in [0.29, 0.717) is 16.5 Å². The Bertz CT molecular complexity index is 382. The molecular formula is C12H22N4S2. The van der Waals surface area contributed by atoms with Crippen LogP contribution in [0.2, 0.25) is 0 Å². The van der Waals surface area contributed by atoms with Crippen LogP contribution in [0.15, 0.2) is 12.3 Å². The van der Waals surface area contributed by atoms with Gasteiger partial charge in [-0.3, -0.25) is 16.0 Å². The molecule has 2 rings (SSSR count). The maximum absolute atomic E-state index is 5.73. The molecule has 3 N–H and O–H groups in total. The normalized spacial score (nSPS) is 30.3. The molecule has 0 bridgehead atoms. The van der Waals surface area contributed by atoms with E-state index >= 15 is 0 Å². The van der Waals surface area contributed by atoms with Crippen molar-refractivity contribution in [2.75, 3.05) is 5.75 Å². The van der Waals surface area contributed by atoms with Crippen LogP contribution in [0.25, 0.3) is 0 Å². The number of nitrogens with one attached hydrogen (secondary N) is 1. The summed E-state index contributed by atoms with van der Waals surface area (Å²) >= 11 is 4.11. The van der Waals surface area contributed by atoms with Crippen molar-refractivity contribution >= 4 is 23.5 Å². The van der Waals surface area contributed by atoms with Gasteiger partial charge in [0, 0.05) is 47.2 Å². The standard InChI is InChI=1S/C12H22N4S2/c1-8-9(2)18-12(7-17-8)11(14-13)6-10-4-5-16(3)15-10/h4-5,8-9,11-12,14H,6-7,13H2,1-3H3. The highest BCUT2D eigenvalue weighted by molar-refractivity contribution is 8.07. The van der Waals surface area contributed by atoms with Gasteiger partial charge in [0.15, 0.2) is 0 Å². The van der Waals surface area contributed by atoms with Gasteiger partial charge in [0.25, 0.3) is 0 Å². The summed E-state index contributed by atoms with van der Waals surface area (Å²) in [6.07, 6.45) is 2.88. The van der Waals surface area contributed by atoms with E-state index in [9.17, 15) is 0 Å². The monoisotopic (exact) mass is 286 g/mol. The third-order valence-electron chi connectivity index (χ3n) is 3.43. The van der Waals surface area contributed by atoms with Crippen LogP contribution in [-0.2, 0) is 13.5 Å². The van der Waals surface area contributed by atoms with Crippen LogP contribution < -0.4 is 11.3 Å². The molecule has 4 atom stereocenters. The molecule has 0 spiro atoms. The van der Waals surface area contributed by atoms with Gasteiger partial charge < -0.3 is 0 Å². The highest BCUT2D eigenvalue weighted by atomic mass is 32.2. The van der Waals surface area contributed by atoms with Gasteiger partial charge >= 0.3 is 0 Å². The molecule has 4 nitrogen and oxygen atoms in total. The zero-order valence-corrected chi connectivity index (χ0v) is 12.8. The van der Waals surface area contributed by atoms with Crippen molar-refractivity contribution in [2.45, 2.75) is 42.1 Å². The van der Waals surface area contributed by atoms with Crippen molar-refractivity contribution in [1.29, 1.82) is 0 Å². The molecule has 1 fully saturated rings. The molecule has 2 heterocycles. The summed E-state index contributed by atoms with van der Waals surface area (Å²) in [6.45, 7) is 4.62. The molecule has 18 heavy (non-hydrogen) atoms. The number of nitrogens with two attached hydrogens (primary N) is 1. The number of aromatic nitrogens is 2. The van der Waals surface area contributed by atoms with Gasteiger partial charge in [-0.05, 0) is 6.07 Å². The van der Waals surface area contributed by atoms with E-state index < -0.39 is 0 Å². The molecule has 1 aliphatic rings. The van der Waals surface area contributed by atoms with E-state index in [1.165, 1.54) is 0 Å². The van der Waals surface area contributed by atoms with E-state index in [0.717, 1.165) is 23.1 Å². The Balaban J connectivity index is 1.96. The van der Waals surface area contributed by atoms with Crippen LogP contribution in [0.1, 0.15) is 19.5 Å². The van der Waals surface area contributed by atoms with Gasteiger partial charge in [0.1, 0.15) is 0 Å². The molecule has 0 saturated carbocycles. The number of rotatable bonds is 4. The highest BCUT2D eigenvalue weighted by Gasteiger charge is 2.31. The Morgan fingerprint density at radius 1 is 1.56 bits per heavy atom.